The van der Waals surface area contributed by atoms with E-state index in [1.807, 2.05) is 50.2 Å². The van der Waals surface area contributed by atoms with Crippen molar-refractivity contribution in [1.29, 1.82) is 0 Å². The van der Waals surface area contributed by atoms with E-state index in [-0.39, 0.29) is 12.0 Å². The predicted molar refractivity (Wildman–Crippen MR) is 138 cm³/mol. The number of carbonyl (C=O) groups excluding carboxylic acids is 2. The van der Waals surface area contributed by atoms with Crippen molar-refractivity contribution in [2.75, 3.05) is 0 Å². The Morgan fingerprint density at radius 2 is 1.49 bits per heavy atom. The molecule has 0 fully saturated rings. The number of hydrogen-bond acceptors (Lipinski definition) is 6. The van der Waals surface area contributed by atoms with Crippen molar-refractivity contribution in [3.63, 3.8) is 0 Å². The molecular formula is C30H24NO6-. The molecule has 0 saturated heterocycles. The summed E-state index contributed by atoms with van der Waals surface area (Å²) in [6.07, 6.45) is -0.340. The molecule has 0 aliphatic carbocycles. The van der Waals surface area contributed by atoms with Crippen molar-refractivity contribution < 1.29 is 23.5 Å². The molecule has 2 heterocycles. The van der Waals surface area contributed by atoms with Crippen LogP contribution in [0.15, 0.2) is 80.4 Å². The minimum Gasteiger partial charge on any atom is -0.548 e. The topological polar surface area (TPSA) is 113 Å². The van der Waals surface area contributed by atoms with Gasteiger partial charge in [-0.1, -0.05) is 60.7 Å². The number of amides is 1. The third-order valence-corrected chi connectivity index (χ3v) is 6.71. The highest BCUT2D eigenvalue weighted by Gasteiger charge is 2.23. The lowest BCUT2D eigenvalue weighted by Crippen LogP contribution is -2.42. The molecule has 0 radical (unpaired) electrons. The molecule has 0 spiro atoms. The number of furan rings is 1. The lowest BCUT2D eigenvalue weighted by atomic mass is 9.96. The maximum atomic E-state index is 13.0. The van der Waals surface area contributed by atoms with Crippen LogP contribution in [-0.4, -0.2) is 11.9 Å². The summed E-state index contributed by atoms with van der Waals surface area (Å²) in [5, 5.41) is 15.7. The van der Waals surface area contributed by atoms with Crippen LogP contribution in [0, 0.1) is 20.8 Å². The standard InChI is InChI=1S/C30H25NO6/c1-16-21-14-23-25(19-10-6-4-7-11-19)18(3)36-28(23)17(2)27(21)37-30(35)22(16)15-24(32)31-26(29(33)34)20-12-8-5-9-13-20/h4-14,26H,15H2,1-3H3,(H,31,32)(H,33,34)/p-1/t26-/m0/s1. The van der Waals surface area contributed by atoms with E-state index in [2.05, 4.69) is 5.32 Å². The van der Waals surface area contributed by atoms with Crippen LogP contribution in [-0.2, 0) is 16.0 Å². The molecule has 7 nitrogen and oxygen atoms in total. The molecule has 0 saturated carbocycles. The zero-order chi connectivity index (χ0) is 26.3. The van der Waals surface area contributed by atoms with Crippen molar-refractivity contribution in [2.24, 2.45) is 0 Å². The number of hydrogen-bond donors (Lipinski definition) is 1. The molecule has 3 aromatic carbocycles. The fraction of sp³-hybridized carbons (Fsp3) is 0.167. The number of aryl methyl sites for hydroxylation is 3. The first-order chi connectivity index (χ1) is 17.8. The third-order valence-electron chi connectivity index (χ3n) is 6.71. The number of carbonyl (C=O) groups is 2. The van der Waals surface area contributed by atoms with Crippen LogP contribution in [0.4, 0.5) is 0 Å². The molecule has 186 valence electrons. The molecule has 37 heavy (non-hydrogen) atoms. The summed E-state index contributed by atoms with van der Waals surface area (Å²) in [5.74, 6) is -1.33. The van der Waals surface area contributed by atoms with E-state index in [9.17, 15) is 19.5 Å². The Kier molecular flexibility index (Phi) is 6.13. The van der Waals surface area contributed by atoms with Gasteiger partial charge in [-0.15, -0.1) is 0 Å². The minimum absolute atomic E-state index is 0.162. The van der Waals surface area contributed by atoms with Crippen LogP contribution >= 0.6 is 0 Å². The highest BCUT2D eigenvalue weighted by Crippen LogP contribution is 2.39. The molecule has 0 bridgehead atoms. The van der Waals surface area contributed by atoms with E-state index in [4.69, 9.17) is 8.83 Å². The smallest absolute Gasteiger partial charge is 0.340 e. The first-order valence-electron chi connectivity index (χ1n) is 11.9. The number of benzene rings is 3. The van der Waals surface area contributed by atoms with E-state index in [1.165, 1.54) is 0 Å². The van der Waals surface area contributed by atoms with Crippen molar-refractivity contribution in [2.45, 2.75) is 33.2 Å². The van der Waals surface area contributed by atoms with Gasteiger partial charge in [0.1, 0.15) is 16.9 Å². The molecular weight excluding hydrogens is 470 g/mol. The zero-order valence-electron chi connectivity index (χ0n) is 20.6. The summed E-state index contributed by atoms with van der Waals surface area (Å²) in [6.45, 7) is 5.49. The molecule has 0 aliphatic rings. The van der Waals surface area contributed by atoms with Gasteiger partial charge >= 0.3 is 5.63 Å². The SMILES string of the molecule is Cc1oc2c(C)c3oc(=O)c(CC(=O)N[C@H](C(=O)[O-])c4ccccc4)c(C)c3cc2c1-c1ccccc1. The summed E-state index contributed by atoms with van der Waals surface area (Å²) in [7, 11) is 0. The fourth-order valence-corrected chi connectivity index (χ4v) is 4.84. The Hall–Kier alpha value is -4.65. The van der Waals surface area contributed by atoms with Gasteiger partial charge in [-0.25, -0.2) is 4.79 Å². The minimum atomic E-state index is -1.44. The average molecular weight is 495 g/mol. The Morgan fingerprint density at radius 1 is 0.865 bits per heavy atom. The van der Waals surface area contributed by atoms with Crippen LogP contribution in [0.1, 0.15) is 34.1 Å². The molecule has 0 aliphatic heterocycles. The van der Waals surface area contributed by atoms with E-state index in [0.29, 0.717) is 33.2 Å². The van der Waals surface area contributed by atoms with E-state index in [0.717, 1.165) is 22.3 Å². The third kappa shape index (κ3) is 4.29. The lowest BCUT2D eigenvalue weighted by Gasteiger charge is -2.20. The first kappa shape index (κ1) is 24.1. The highest BCUT2D eigenvalue weighted by atomic mass is 16.4. The summed E-state index contributed by atoms with van der Waals surface area (Å²) in [4.78, 5) is 37.5. The van der Waals surface area contributed by atoms with Crippen LogP contribution in [0.2, 0.25) is 0 Å². The lowest BCUT2D eigenvalue weighted by molar-refractivity contribution is -0.308. The van der Waals surface area contributed by atoms with Gasteiger partial charge in [0.05, 0.1) is 24.0 Å². The second-order valence-electron chi connectivity index (χ2n) is 9.05. The van der Waals surface area contributed by atoms with Crippen LogP contribution < -0.4 is 16.0 Å². The van der Waals surface area contributed by atoms with Gasteiger partial charge < -0.3 is 24.1 Å². The highest BCUT2D eigenvalue weighted by molar-refractivity contribution is 6.06. The number of nitrogens with one attached hydrogen (secondary N) is 1. The number of carboxylic acid groups (broad SMARTS) is 1. The van der Waals surface area contributed by atoms with Gasteiger partial charge in [-0.05, 0) is 43.5 Å². The molecule has 1 N–H and O–H groups in total. The zero-order valence-corrected chi connectivity index (χ0v) is 20.6. The van der Waals surface area contributed by atoms with Crippen molar-refractivity contribution in [3.05, 3.63) is 105 Å². The predicted octanol–water partition coefficient (Wildman–Crippen LogP) is 4.28. The number of aliphatic carboxylic acids is 1. The van der Waals surface area contributed by atoms with Gasteiger partial charge in [-0.2, -0.15) is 0 Å². The van der Waals surface area contributed by atoms with Crippen molar-refractivity contribution >= 4 is 33.8 Å². The maximum Gasteiger partial charge on any atom is 0.340 e. The van der Waals surface area contributed by atoms with Crippen molar-refractivity contribution in [3.8, 4) is 11.1 Å². The summed E-state index contributed by atoms with van der Waals surface area (Å²) in [5.41, 5.74) is 4.14. The number of carboxylic acids is 1. The second-order valence-corrected chi connectivity index (χ2v) is 9.05. The first-order valence-corrected chi connectivity index (χ1v) is 11.9. The monoisotopic (exact) mass is 494 g/mol. The molecule has 1 amide bonds. The Morgan fingerprint density at radius 3 is 2.14 bits per heavy atom. The normalized spacial score (nSPS) is 12.1. The molecule has 1 atom stereocenters. The number of fused-ring (bicyclic) bond motifs is 2. The average Bonchev–Trinajstić information content (AvgIpc) is 3.23. The van der Waals surface area contributed by atoms with Gasteiger partial charge in [0, 0.05) is 21.9 Å². The quantitative estimate of drug-likeness (QED) is 0.353. The summed E-state index contributed by atoms with van der Waals surface area (Å²) in [6, 6.07) is 18.7. The molecule has 7 heteroatoms. The molecule has 5 aromatic rings. The maximum absolute atomic E-state index is 13.0. The van der Waals surface area contributed by atoms with Crippen molar-refractivity contribution in [1.82, 2.24) is 5.32 Å². The van der Waals surface area contributed by atoms with E-state index >= 15 is 0 Å². The van der Waals surface area contributed by atoms with Gasteiger partial charge in [0.2, 0.25) is 5.91 Å². The van der Waals surface area contributed by atoms with E-state index in [1.54, 1.807) is 37.3 Å². The fourth-order valence-electron chi connectivity index (χ4n) is 4.84. The summed E-state index contributed by atoms with van der Waals surface area (Å²) < 4.78 is 11.8. The Labute approximate surface area is 212 Å². The number of rotatable bonds is 6. The van der Waals surface area contributed by atoms with Crippen LogP contribution in [0.3, 0.4) is 0 Å². The molecule has 2 aromatic heterocycles. The molecule has 5 rings (SSSR count). The van der Waals surface area contributed by atoms with Gasteiger partial charge in [-0.3, -0.25) is 4.79 Å². The van der Waals surface area contributed by atoms with Crippen LogP contribution in [0.5, 0.6) is 0 Å². The van der Waals surface area contributed by atoms with E-state index < -0.39 is 23.5 Å². The van der Waals surface area contributed by atoms with Gasteiger partial charge in [0.15, 0.2) is 0 Å². The largest absolute Gasteiger partial charge is 0.548 e. The second kappa shape index (κ2) is 9.43. The summed E-state index contributed by atoms with van der Waals surface area (Å²) >= 11 is 0. The van der Waals surface area contributed by atoms with Gasteiger partial charge in [0.25, 0.3) is 0 Å². The Bertz CT molecular complexity index is 1710. The Balaban J connectivity index is 1.58. The van der Waals surface area contributed by atoms with Crippen LogP contribution in [0.25, 0.3) is 33.1 Å². The molecule has 0 unspecified atom stereocenters.